The Morgan fingerprint density at radius 1 is 1.39 bits per heavy atom. The SMILES string of the molecule is COc1cc(SC)ccc1NC(=O)Cc1c[nH]c2ncccc12. The van der Waals surface area contributed by atoms with E-state index in [1.165, 1.54) is 0 Å². The zero-order valence-corrected chi connectivity index (χ0v) is 13.7. The van der Waals surface area contributed by atoms with Crippen molar-refractivity contribution in [2.75, 3.05) is 18.7 Å². The molecule has 1 amide bonds. The molecule has 0 spiro atoms. The van der Waals surface area contributed by atoms with Crippen molar-refractivity contribution in [1.82, 2.24) is 9.97 Å². The summed E-state index contributed by atoms with van der Waals surface area (Å²) in [7, 11) is 1.60. The lowest BCUT2D eigenvalue weighted by Crippen LogP contribution is -2.14. The van der Waals surface area contributed by atoms with Crippen molar-refractivity contribution in [1.29, 1.82) is 0 Å². The van der Waals surface area contributed by atoms with Crippen LogP contribution < -0.4 is 10.1 Å². The highest BCUT2D eigenvalue weighted by Crippen LogP contribution is 2.29. The molecule has 0 atom stereocenters. The van der Waals surface area contributed by atoms with Crippen LogP contribution >= 0.6 is 11.8 Å². The van der Waals surface area contributed by atoms with Gasteiger partial charge in [0.15, 0.2) is 0 Å². The van der Waals surface area contributed by atoms with Gasteiger partial charge < -0.3 is 15.0 Å². The number of H-pyrrole nitrogens is 1. The van der Waals surface area contributed by atoms with Gasteiger partial charge in [-0.2, -0.15) is 0 Å². The summed E-state index contributed by atoms with van der Waals surface area (Å²) >= 11 is 1.63. The standard InChI is InChI=1S/C17H17N3O2S/c1-22-15-9-12(23-2)5-6-14(15)20-16(21)8-11-10-19-17-13(11)4-3-7-18-17/h3-7,9-10H,8H2,1-2H3,(H,18,19)(H,20,21). The van der Waals surface area contributed by atoms with E-state index in [0.717, 1.165) is 21.5 Å². The van der Waals surface area contributed by atoms with Crippen molar-refractivity contribution in [3.63, 3.8) is 0 Å². The Balaban J connectivity index is 1.77. The van der Waals surface area contributed by atoms with E-state index in [0.29, 0.717) is 11.4 Å². The second-order valence-electron chi connectivity index (χ2n) is 5.00. The van der Waals surface area contributed by atoms with Crippen molar-refractivity contribution in [2.24, 2.45) is 0 Å². The lowest BCUT2D eigenvalue weighted by molar-refractivity contribution is -0.115. The Kier molecular flexibility index (Phi) is 4.52. The quantitative estimate of drug-likeness (QED) is 0.704. The van der Waals surface area contributed by atoms with Crippen LogP contribution in [0.5, 0.6) is 5.75 Å². The summed E-state index contributed by atoms with van der Waals surface area (Å²) in [5, 5.41) is 3.87. The highest BCUT2D eigenvalue weighted by atomic mass is 32.2. The lowest BCUT2D eigenvalue weighted by atomic mass is 10.1. The first kappa shape index (κ1) is 15.4. The summed E-state index contributed by atoms with van der Waals surface area (Å²) < 4.78 is 5.35. The Morgan fingerprint density at radius 2 is 2.26 bits per heavy atom. The molecule has 23 heavy (non-hydrogen) atoms. The van der Waals surface area contributed by atoms with Gasteiger partial charge in [0.25, 0.3) is 0 Å². The molecule has 0 bridgehead atoms. The molecule has 2 N–H and O–H groups in total. The van der Waals surface area contributed by atoms with Crippen LogP contribution in [-0.4, -0.2) is 29.2 Å². The van der Waals surface area contributed by atoms with E-state index >= 15 is 0 Å². The Labute approximate surface area is 138 Å². The number of hydrogen-bond acceptors (Lipinski definition) is 4. The van der Waals surface area contributed by atoms with Gasteiger partial charge in [0.1, 0.15) is 11.4 Å². The van der Waals surface area contributed by atoms with Crippen LogP contribution in [0.1, 0.15) is 5.56 Å². The number of nitrogens with zero attached hydrogens (tertiary/aromatic N) is 1. The van der Waals surface area contributed by atoms with E-state index in [4.69, 9.17) is 4.74 Å². The molecule has 0 fully saturated rings. The van der Waals surface area contributed by atoms with E-state index in [9.17, 15) is 4.79 Å². The lowest BCUT2D eigenvalue weighted by Gasteiger charge is -2.11. The minimum atomic E-state index is -0.0926. The van der Waals surface area contributed by atoms with Gasteiger partial charge in [-0.15, -0.1) is 11.8 Å². The van der Waals surface area contributed by atoms with E-state index in [1.54, 1.807) is 25.1 Å². The number of amides is 1. The molecule has 6 heteroatoms. The summed E-state index contributed by atoms with van der Waals surface area (Å²) in [5.74, 6) is 0.566. The van der Waals surface area contributed by atoms with Gasteiger partial charge in [-0.25, -0.2) is 4.98 Å². The number of hydrogen-bond donors (Lipinski definition) is 2. The molecule has 2 aromatic heterocycles. The molecule has 3 aromatic rings. The Hall–Kier alpha value is -2.47. The van der Waals surface area contributed by atoms with Gasteiger partial charge in [0.05, 0.1) is 19.2 Å². The third-order valence-corrected chi connectivity index (χ3v) is 4.30. The highest BCUT2D eigenvalue weighted by molar-refractivity contribution is 7.98. The van der Waals surface area contributed by atoms with Gasteiger partial charge in [0, 0.05) is 22.7 Å². The normalized spacial score (nSPS) is 10.7. The number of aromatic nitrogens is 2. The fourth-order valence-electron chi connectivity index (χ4n) is 2.43. The molecular weight excluding hydrogens is 310 g/mol. The minimum absolute atomic E-state index is 0.0926. The third kappa shape index (κ3) is 3.32. The number of pyridine rings is 1. The number of anilines is 1. The molecule has 3 rings (SSSR count). The number of benzene rings is 1. The van der Waals surface area contributed by atoms with Crippen LogP contribution in [0, 0.1) is 0 Å². The Morgan fingerprint density at radius 3 is 3.04 bits per heavy atom. The topological polar surface area (TPSA) is 67.0 Å². The first-order valence-corrected chi connectivity index (χ1v) is 8.36. The van der Waals surface area contributed by atoms with Crippen LogP contribution in [0.25, 0.3) is 11.0 Å². The van der Waals surface area contributed by atoms with E-state index in [-0.39, 0.29) is 12.3 Å². The smallest absolute Gasteiger partial charge is 0.228 e. The number of fused-ring (bicyclic) bond motifs is 1. The molecule has 118 valence electrons. The number of ether oxygens (including phenoxy) is 1. The largest absolute Gasteiger partial charge is 0.495 e. The number of carbonyl (C=O) groups excluding carboxylic acids is 1. The number of nitrogens with one attached hydrogen (secondary N) is 2. The zero-order chi connectivity index (χ0) is 16.2. The number of rotatable bonds is 5. The molecule has 0 unspecified atom stereocenters. The highest BCUT2D eigenvalue weighted by Gasteiger charge is 2.12. The summed E-state index contributed by atoms with van der Waals surface area (Å²) in [6.07, 6.45) is 5.82. The molecule has 0 aliphatic carbocycles. The van der Waals surface area contributed by atoms with Crippen molar-refractivity contribution in [3.8, 4) is 5.75 Å². The fourth-order valence-corrected chi connectivity index (χ4v) is 2.86. The first-order chi connectivity index (χ1) is 11.2. The maximum Gasteiger partial charge on any atom is 0.228 e. The van der Waals surface area contributed by atoms with Crippen LogP contribution in [0.3, 0.4) is 0 Å². The monoisotopic (exact) mass is 327 g/mol. The predicted molar refractivity (Wildman–Crippen MR) is 93.2 cm³/mol. The van der Waals surface area contributed by atoms with Crippen molar-refractivity contribution in [3.05, 3.63) is 48.3 Å². The average molecular weight is 327 g/mol. The Bertz CT molecular complexity index is 845. The van der Waals surface area contributed by atoms with E-state index in [1.807, 2.05) is 42.8 Å². The molecule has 0 aliphatic rings. The molecule has 2 heterocycles. The first-order valence-electron chi connectivity index (χ1n) is 7.14. The summed E-state index contributed by atoms with van der Waals surface area (Å²) in [6, 6.07) is 9.55. The molecule has 1 aromatic carbocycles. The van der Waals surface area contributed by atoms with Gasteiger partial charge in [-0.1, -0.05) is 0 Å². The number of aromatic amines is 1. The maximum atomic E-state index is 12.3. The van der Waals surface area contributed by atoms with Crippen molar-refractivity contribution < 1.29 is 9.53 Å². The van der Waals surface area contributed by atoms with Crippen LogP contribution in [-0.2, 0) is 11.2 Å². The molecule has 0 saturated carbocycles. The maximum absolute atomic E-state index is 12.3. The van der Waals surface area contributed by atoms with E-state index in [2.05, 4.69) is 15.3 Å². The molecule has 0 radical (unpaired) electrons. The van der Waals surface area contributed by atoms with Crippen molar-refractivity contribution >= 4 is 34.4 Å². The molecular formula is C17H17N3O2S. The summed E-state index contributed by atoms with van der Waals surface area (Å²) in [5.41, 5.74) is 2.38. The second-order valence-corrected chi connectivity index (χ2v) is 5.88. The number of methoxy groups -OCH3 is 1. The molecule has 5 nitrogen and oxygen atoms in total. The van der Waals surface area contributed by atoms with Crippen LogP contribution in [0.4, 0.5) is 5.69 Å². The minimum Gasteiger partial charge on any atom is -0.495 e. The number of carbonyl (C=O) groups is 1. The van der Waals surface area contributed by atoms with Gasteiger partial charge >= 0.3 is 0 Å². The third-order valence-electron chi connectivity index (χ3n) is 3.57. The van der Waals surface area contributed by atoms with Gasteiger partial charge in [-0.3, -0.25) is 4.79 Å². The average Bonchev–Trinajstić information content (AvgIpc) is 2.98. The fraction of sp³-hybridized carbons (Fsp3) is 0.176. The van der Waals surface area contributed by atoms with Crippen LogP contribution in [0.15, 0.2) is 47.6 Å². The predicted octanol–water partition coefficient (Wildman–Crippen LogP) is 3.47. The van der Waals surface area contributed by atoms with Gasteiger partial charge in [-0.05, 0) is 42.2 Å². The summed E-state index contributed by atoms with van der Waals surface area (Å²) in [6.45, 7) is 0. The number of thioether (sulfide) groups is 1. The van der Waals surface area contributed by atoms with Gasteiger partial charge in [0.2, 0.25) is 5.91 Å². The van der Waals surface area contributed by atoms with Crippen molar-refractivity contribution in [2.45, 2.75) is 11.3 Å². The van der Waals surface area contributed by atoms with E-state index < -0.39 is 0 Å². The molecule has 0 aliphatic heterocycles. The second kappa shape index (κ2) is 6.75. The molecule has 0 saturated heterocycles. The van der Waals surface area contributed by atoms with Crippen LogP contribution in [0.2, 0.25) is 0 Å². The summed E-state index contributed by atoms with van der Waals surface area (Å²) in [4.78, 5) is 20.7. The zero-order valence-electron chi connectivity index (χ0n) is 12.9.